The van der Waals surface area contributed by atoms with Crippen LogP contribution in [-0.4, -0.2) is 44.2 Å². The number of carbonyl (C=O) groups excluding carboxylic acids is 2. The monoisotopic (exact) mass is 489 g/mol. The Balaban J connectivity index is 1.56. The summed E-state index contributed by atoms with van der Waals surface area (Å²) in [6.07, 6.45) is 5.51. The first-order valence-corrected chi connectivity index (χ1v) is 13.8. The lowest BCUT2D eigenvalue weighted by molar-refractivity contribution is 0.0963. The van der Waals surface area contributed by atoms with Gasteiger partial charge in [0.05, 0.1) is 10.5 Å². The molecule has 2 aliphatic rings. The number of fused-ring (bicyclic) bond motifs is 1. The van der Waals surface area contributed by atoms with Crippen molar-refractivity contribution in [3.05, 3.63) is 45.8 Å². The van der Waals surface area contributed by atoms with Crippen LogP contribution in [0.4, 0.5) is 5.00 Å². The van der Waals surface area contributed by atoms with Crippen LogP contribution in [0.5, 0.6) is 0 Å². The van der Waals surface area contributed by atoms with Crippen LogP contribution in [0, 0.1) is 5.92 Å². The minimum atomic E-state index is -3.59. The Hall–Kier alpha value is -2.23. The lowest BCUT2D eigenvalue weighted by Crippen LogP contribution is -2.41. The van der Waals surface area contributed by atoms with Crippen LogP contribution in [0.2, 0.25) is 0 Å². The third-order valence-electron chi connectivity index (χ3n) is 6.66. The van der Waals surface area contributed by atoms with E-state index in [9.17, 15) is 18.0 Å². The summed E-state index contributed by atoms with van der Waals surface area (Å²) in [5, 5.41) is 6.14. The Morgan fingerprint density at radius 2 is 1.79 bits per heavy atom. The summed E-state index contributed by atoms with van der Waals surface area (Å²) < 4.78 is 27.6. The first-order valence-electron chi connectivity index (χ1n) is 11.5. The van der Waals surface area contributed by atoms with E-state index in [0.717, 1.165) is 49.0 Å². The van der Waals surface area contributed by atoms with Gasteiger partial charge in [-0.3, -0.25) is 9.59 Å². The van der Waals surface area contributed by atoms with Crippen molar-refractivity contribution in [1.29, 1.82) is 0 Å². The van der Waals surface area contributed by atoms with Crippen molar-refractivity contribution in [2.75, 3.05) is 18.9 Å². The van der Waals surface area contributed by atoms with Crippen molar-refractivity contribution in [2.45, 2.75) is 63.3 Å². The molecule has 1 aromatic heterocycles. The van der Waals surface area contributed by atoms with Gasteiger partial charge in [0.25, 0.3) is 11.8 Å². The minimum Gasteiger partial charge on any atom is -0.355 e. The zero-order valence-corrected chi connectivity index (χ0v) is 20.9. The summed E-state index contributed by atoms with van der Waals surface area (Å²) in [6, 6.07) is 6.03. The van der Waals surface area contributed by atoms with Crippen LogP contribution in [0.25, 0.3) is 0 Å². The van der Waals surface area contributed by atoms with E-state index in [2.05, 4.69) is 17.6 Å². The first-order chi connectivity index (χ1) is 15.7. The first kappa shape index (κ1) is 23.9. The molecule has 2 heterocycles. The van der Waals surface area contributed by atoms with Gasteiger partial charge in [-0.2, -0.15) is 4.31 Å². The lowest BCUT2D eigenvalue weighted by Gasteiger charge is -2.32. The number of amides is 2. The summed E-state index contributed by atoms with van der Waals surface area (Å²) in [6.45, 7) is 4.65. The lowest BCUT2D eigenvalue weighted by atomic mass is 9.88. The van der Waals surface area contributed by atoms with Gasteiger partial charge in [-0.25, -0.2) is 8.42 Å². The maximum absolute atomic E-state index is 13.0. The van der Waals surface area contributed by atoms with Crippen LogP contribution in [0.3, 0.4) is 0 Å². The van der Waals surface area contributed by atoms with Crippen molar-refractivity contribution in [2.24, 2.45) is 5.92 Å². The quantitative estimate of drug-likeness (QED) is 0.662. The second-order valence-corrected chi connectivity index (χ2v) is 12.1. The molecule has 9 heteroatoms. The summed E-state index contributed by atoms with van der Waals surface area (Å²) in [5.74, 6) is -0.00844. The Bertz CT molecular complexity index is 1160. The number of nitrogens with one attached hydrogen (secondary N) is 2. The second kappa shape index (κ2) is 9.56. The molecule has 4 rings (SSSR count). The molecule has 0 radical (unpaired) electrons. The Kier molecular flexibility index (Phi) is 6.93. The number of thiophene rings is 1. The highest BCUT2D eigenvalue weighted by atomic mass is 32.2. The topological polar surface area (TPSA) is 95.6 Å². The highest BCUT2D eigenvalue weighted by Crippen LogP contribution is 2.40. The fraction of sp³-hybridized carbons (Fsp3) is 0.500. The van der Waals surface area contributed by atoms with Gasteiger partial charge in [-0.1, -0.05) is 13.3 Å². The van der Waals surface area contributed by atoms with Crippen LogP contribution in [0.1, 0.15) is 70.7 Å². The van der Waals surface area contributed by atoms with Crippen LogP contribution in [-0.2, 0) is 22.9 Å². The van der Waals surface area contributed by atoms with Gasteiger partial charge in [0.15, 0.2) is 0 Å². The van der Waals surface area contributed by atoms with Gasteiger partial charge >= 0.3 is 0 Å². The van der Waals surface area contributed by atoms with Gasteiger partial charge in [0.2, 0.25) is 10.0 Å². The van der Waals surface area contributed by atoms with Crippen LogP contribution >= 0.6 is 11.3 Å². The van der Waals surface area contributed by atoms with E-state index < -0.39 is 10.0 Å². The fourth-order valence-corrected chi connectivity index (χ4v) is 7.82. The highest BCUT2D eigenvalue weighted by Gasteiger charge is 2.31. The molecule has 1 fully saturated rings. The smallest absolute Gasteiger partial charge is 0.256 e. The van der Waals surface area contributed by atoms with E-state index in [-0.39, 0.29) is 22.8 Å². The number of nitrogens with zero attached hydrogens (tertiary/aromatic N) is 1. The van der Waals surface area contributed by atoms with Crippen molar-refractivity contribution in [3.8, 4) is 0 Å². The van der Waals surface area contributed by atoms with Crippen molar-refractivity contribution in [3.63, 3.8) is 0 Å². The largest absolute Gasteiger partial charge is 0.355 e. The van der Waals surface area contributed by atoms with Gasteiger partial charge in [0.1, 0.15) is 5.00 Å². The highest BCUT2D eigenvalue weighted by molar-refractivity contribution is 7.89. The second-order valence-electron chi connectivity index (χ2n) is 9.07. The van der Waals surface area contributed by atoms with E-state index >= 15 is 0 Å². The zero-order valence-electron chi connectivity index (χ0n) is 19.3. The molecule has 2 amide bonds. The number of sulfonamides is 1. The van der Waals surface area contributed by atoms with Gasteiger partial charge < -0.3 is 10.6 Å². The molecule has 0 spiro atoms. The molecule has 7 nitrogen and oxygen atoms in total. The Morgan fingerprint density at radius 1 is 1.06 bits per heavy atom. The minimum absolute atomic E-state index is 0.0255. The molecular weight excluding hydrogens is 458 g/mol. The predicted octanol–water partition coefficient (Wildman–Crippen LogP) is 4.05. The predicted molar refractivity (Wildman–Crippen MR) is 130 cm³/mol. The molecule has 2 N–H and O–H groups in total. The molecule has 2 unspecified atom stereocenters. The normalized spacial score (nSPS) is 21.3. The number of piperidine rings is 1. The number of anilines is 1. The molecule has 1 aromatic carbocycles. The van der Waals surface area contributed by atoms with E-state index in [0.29, 0.717) is 28.6 Å². The molecular formula is C24H31N3O4S2. The molecule has 1 aliphatic heterocycles. The van der Waals surface area contributed by atoms with Gasteiger partial charge in [0, 0.05) is 30.1 Å². The number of rotatable bonds is 5. The molecule has 0 bridgehead atoms. The van der Waals surface area contributed by atoms with Crippen molar-refractivity contribution >= 4 is 38.2 Å². The van der Waals surface area contributed by atoms with Gasteiger partial charge in [-0.15, -0.1) is 11.3 Å². The molecule has 0 saturated carbocycles. The maximum Gasteiger partial charge on any atom is 0.256 e. The standard InChI is InChI=1S/C24H31N3O4S2/c1-15-7-12-19-20(14-15)32-24(21(19)23(29)25-3)26-22(28)17-8-10-18(11-9-17)33(30,31)27-13-5-4-6-16(27)2/h8-11,15-16H,4-7,12-14H2,1-3H3,(H,25,29)(H,26,28). The number of benzene rings is 1. The average Bonchev–Trinajstić information content (AvgIpc) is 3.15. The van der Waals surface area contributed by atoms with E-state index in [4.69, 9.17) is 0 Å². The van der Waals surface area contributed by atoms with Crippen molar-refractivity contribution in [1.82, 2.24) is 9.62 Å². The summed E-state index contributed by atoms with van der Waals surface area (Å²) in [4.78, 5) is 26.9. The summed E-state index contributed by atoms with van der Waals surface area (Å²) >= 11 is 1.46. The average molecular weight is 490 g/mol. The van der Waals surface area contributed by atoms with E-state index in [1.165, 1.54) is 35.6 Å². The third-order valence-corrected chi connectivity index (χ3v) is 9.86. The summed E-state index contributed by atoms with van der Waals surface area (Å²) in [7, 11) is -2.00. The van der Waals surface area contributed by atoms with Crippen molar-refractivity contribution < 1.29 is 18.0 Å². The van der Waals surface area contributed by atoms with Crippen LogP contribution in [0.15, 0.2) is 29.2 Å². The zero-order chi connectivity index (χ0) is 23.8. The van der Waals surface area contributed by atoms with Crippen LogP contribution < -0.4 is 10.6 Å². The third kappa shape index (κ3) is 4.72. The van der Waals surface area contributed by atoms with E-state index in [1.54, 1.807) is 11.4 Å². The Labute approximate surface area is 199 Å². The Morgan fingerprint density at radius 3 is 2.45 bits per heavy atom. The number of hydrogen-bond donors (Lipinski definition) is 2. The molecule has 33 heavy (non-hydrogen) atoms. The fourth-order valence-electron chi connectivity index (χ4n) is 4.72. The molecule has 178 valence electrons. The number of carbonyl (C=O) groups is 2. The molecule has 1 aliphatic carbocycles. The maximum atomic E-state index is 13.0. The molecule has 2 aromatic rings. The molecule has 2 atom stereocenters. The molecule has 1 saturated heterocycles. The van der Waals surface area contributed by atoms with E-state index in [1.807, 2.05) is 6.92 Å². The summed E-state index contributed by atoms with van der Waals surface area (Å²) in [5.41, 5.74) is 1.93. The number of hydrogen-bond acceptors (Lipinski definition) is 5. The van der Waals surface area contributed by atoms with Gasteiger partial charge in [-0.05, 0) is 74.8 Å². The SMILES string of the molecule is CNC(=O)c1c(NC(=O)c2ccc(S(=O)(=O)N3CCCCC3C)cc2)sc2c1CCC(C)C2.